The first-order valence-electron chi connectivity index (χ1n) is 13.1. The van der Waals surface area contributed by atoms with Crippen LogP contribution in [0, 0.1) is 11.8 Å². The number of fused-ring (bicyclic) bond motifs is 3. The van der Waals surface area contributed by atoms with Crippen LogP contribution in [-0.4, -0.2) is 62.7 Å². The Bertz CT molecular complexity index is 1480. The van der Waals surface area contributed by atoms with Crippen LogP contribution in [0.25, 0.3) is 33.6 Å². The molecule has 4 aromatic rings. The van der Waals surface area contributed by atoms with E-state index in [0.29, 0.717) is 29.2 Å². The van der Waals surface area contributed by atoms with E-state index in [9.17, 15) is 4.79 Å². The van der Waals surface area contributed by atoms with Gasteiger partial charge in [0.05, 0.1) is 18.3 Å². The van der Waals surface area contributed by atoms with Crippen LogP contribution in [0.4, 0.5) is 0 Å². The molecule has 0 radical (unpaired) electrons. The highest BCUT2D eigenvalue weighted by molar-refractivity contribution is 6.00. The summed E-state index contributed by atoms with van der Waals surface area (Å²) in [6.07, 6.45) is 6.67. The van der Waals surface area contributed by atoms with E-state index < -0.39 is 0 Å². The third-order valence-electron chi connectivity index (χ3n) is 8.39. The molecule has 1 aromatic carbocycles. The van der Waals surface area contributed by atoms with E-state index in [1.165, 1.54) is 19.3 Å². The van der Waals surface area contributed by atoms with Crippen molar-refractivity contribution in [3.63, 3.8) is 0 Å². The minimum atomic E-state index is 0.0570. The van der Waals surface area contributed by atoms with Crippen molar-refractivity contribution in [2.24, 2.45) is 18.9 Å². The number of methoxy groups -OCH3 is 1. The standard InChI is InChI=1S/C28H32N6O2/c1-32-25-21(31-27(32)23-13-19-4-3-9-30-26(19)34(23)15-17-5-6-17)12-20(14-24(25)36-2)28(35)33-11-8-18-7-10-29-22(18)16-33/h3-4,9,12-14,17-18,22,29H,5-8,10-11,15-16H2,1-2H3. The zero-order chi connectivity index (χ0) is 24.4. The topological polar surface area (TPSA) is 77.2 Å². The zero-order valence-corrected chi connectivity index (χ0v) is 20.9. The predicted molar refractivity (Wildman–Crippen MR) is 139 cm³/mol. The second-order valence-electron chi connectivity index (χ2n) is 10.7. The van der Waals surface area contributed by atoms with E-state index in [0.717, 1.165) is 66.2 Å². The van der Waals surface area contributed by atoms with Crippen LogP contribution in [0.3, 0.4) is 0 Å². The van der Waals surface area contributed by atoms with Gasteiger partial charge in [-0.25, -0.2) is 9.97 Å². The van der Waals surface area contributed by atoms with E-state index in [1.54, 1.807) is 7.11 Å². The van der Waals surface area contributed by atoms with E-state index in [4.69, 9.17) is 9.72 Å². The Kier molecular flexibility index (Phi) is 5.06. The van der Waals surface area contributed by atoms with Crippen LogP contribution in [0.1, 0.15) is 36.0 Å². The van der Waals surface area contributed by atoms with Crippen molar-refractivity contribution in [2.75, 3.05) is 26.7 Å². The van der Waals surface area contributed by atoms with E-state index in [2.05, 4.69) is 31.6 Å². The molecule has 0 bridgehead atoms. The number of imidazole rings is 1. The van der Waals surface area contributed by atoms with E-state index >= 15 is 0 Å². The maximum absolute atomic E-state index is 13.6. The van der Waals surface area contributed by atoms with Crippen LogP contribution in [0.2, 0.25) is 0 Å². The lowest BCUT2D eigenvalue weighted by Crippen LogP contribution is -2.48. The molecule has 5 heterocycles. The van der Waals surface area contributed by atoms with Crippen LogP contribution in [0.15, 0.2) is 36.5 Å². The molecule has 0 spiro atoms. The Morgan fingerprint density at radius 1 is 1.19 bits per heavy atom. The molecule has 8 nitrogen and oxygen atoms in total. The van der Waals surface area contributed by atoms with Crippen molar-refractivity contribution in [1.29, 1.82) is 0 Å². The van der Waals surface area contributed by atoms with Gasteiger partial charge in [-0.2, -0.15) is 0 Å². The number of hydrogen-bond donors (Lipinski definition) is 1. The molecule has 2 aliphatic heterocycles. The lowest BCUT2D eigenvalue weighted by atomic mass is 9.92. The highest BCUT2D eigenvalue weighted by atomic mass is 16.5. The maximum Gasteiger partial charge on any atom is 0.254 e. The molecular weight excluding hydrogens is 452 g/mol. The van der Waals surface area contributed by atoms with Crippen LogP contribution in [0.5, 0.6) is 5.75 Å². The number of likely N-dealkylation sites (tertiary alicyclic amines) is 1. The van der Waals surface area contributed by atoms with Gasteiger partial charge in [-0.05, 0) is 74.4 Å². The minimum absolute atomic E-state index is 0.0570. The number of ether oxygens (including phenoxy) is 1. The molecule has 3 aliphatic rings. The van der Waals surface area contributed by atoms with E-state index in [1.807, 2.05) is 36.3 Å². The molecule has 3 aromatic heterocycles. The van der Waals surface area contributed by atoms with Crippen molar-refractivity contribution in [3.05, 3.63) is 42.1 Å². The molecule has 7 rings (SSSR count). The normalized spacial score (nSPS) is 21.9. The average molecular weight is 485 g/mol. The first-order valence-corrected chi connectivity index (χ1v) is 13.1. The number of aryl methyl sites for hydroxylation is 1. The average Bonchev–Trinajstić information content (AvgIpc) is 3.32. The second-order valence-corrected chi connectivity index (χ2v) is 10.7. The summed E-state index contributed by atoms with van der Waals surface area (Å²) in [5.41, 5.74) is 4.37. The van der Waals surface area contributed by atoms with Crippen molar-refractivity contribution in [1.82, 2.24) is 29.3 Å². The van der Waals surface area contributed by atoms with Gasteiger partial charge in [-0.15, -0.1) is 0 Å². The van der Waals surface area contributed by atoms with Gasteiger partial charge in [0.15, 0.2) is 5.82 Å². The van der Waals surface area contributed by atoms with Crippen molar-refractivity contribution in [3.8, 4) is 17.3 Å². The lowest BCUT2D eigenvalue weighted by molar-refractivity contribution is 0.0669. The summed E-state index contributed by atoms with van der Waals surface area (Å²) in [6, 6.07) is 10.5. The molecule has 2 saturated heterocycles. The highest BCUT2D eigenvalue weighted by Crippen LogP contribution is 2.37. The molecule has 1 saturated carbocycles. The van der Waals surface area contributed by atoms with Gasteiger partial charge in [-0.3, -0.25) is 4.79 Å². The van der Waals surface area contributed by atoms with Gasteiger partial charge < -0.3 is 24.1 Å². The smallest absolute Gasteiger partial charge is 0.254 e. The van der Waals surface area contributed by atoms with Crippen molar-refractivity contribution >= 4 is 28.0 Å². The number of amides is 1. The van der Waals surface area contributed by atoms with Gasteiger partial charge in [0, 0.05) is 49.9 Å². The number of hydrogen-bond acceptors (Lipinski definition) is 5. The first kappa shape index (κ1) is 21.9. The number of carbonyl (C=O) groups is 1. The van der Waals surface area contributed by atoms with Crippen molar-refractivity contribution in [2.45, 2.75) is 38.3 Å². The number of piperidine rings is 1. The molecular formula is C28H32N6O2. The van der Waals surface area contributed by atoms with Gasteiger partial charge in [0.25, 0.3) is 5.91 Å². The fourth-order valence-electron chi connectivity index (χ4n) is 6.23. The summed E-state index contributed by atoms with van der Waals surface area (Å²) in [7, 11) is 3.69. The molecule has 1 amide bonds. The summed E-state index contributed by atoms with van der Waals surface area (Å²) >= 11 is 0. The Labute approximate surface area is 210 Å². The number of carbonyl (C=O) groups excluding carboxylic acids is 1. The minimum Gasteiger partial charge on any atom is -0.494 e. The van der Waals surface area contributed by atoms with E-state index in [-0.39, 0.29) is 5.91 Å². The Morgan fingerprint density at radius 3 is 2.92 bits per heavy atom. The Morgan fingerprint density at radius 2 is 2.08 bits per heavy atom. The molecule has 2 atom stereocenters. The number of aromatic nitrogens is 4. The third kappa shape index (κ3) is 3.50. The van der Waals surface area contributed by atoms with Crippen molar-refractivity contribution < 1.29 is 9.53 Å². The SMILES string of the molecule is COc1cc(C(=O)N2CCC3CCNC3C2)cc2nc(-c3cc4cccnc4n3CC3CC3)n(C)c12. The summed E-state index contributed by atoms with van der Waals surface area (Å²) in [5.74, 6) is 2.99. The summed E-state index contributed by atoms with van der Waals surface area (Å²) in [6.45, 7) is 3.58. The van der Waals surface area contributed by atoms with Crippen LogP contribution < -0.4 is 10.1 Å². The molecule has 1 aliphatic carbocycles. The molecule has 8 heteroatoms. The predicted octanol–water partition coefficient (Wildman–Crippen LogP) is 3.83. The molecule has 2 unspecified atom stereocenters. The van der Waals surface area contributed by atoms with Gasteiger partial charge in [-0.1, -0.05) is 0 Å². The number of rotatable bonds is 5. The maximum atomic E-state index is 13.6. The largest absolute Gasteiger partial charge is 0.494 e. The summed E-state index contributed by atoms with van der Waals surface area (Å²) in [5, 5.41) is 4.69. The number of nitrogens with one attached hydrogen (secondary N) is 1. The number of benzene rings is 1. The molecule has 3 fully saturated rings. The first-order chi connectivity index (χ1) is 17.6. The number of nitrogens with zero attached hydrogens (tertiary/aromatic N) is 5. The zero-order valence-electron chi connectivity index (χ0n) is 20.9. The van der Waals surface area contributed by atoms with Crippen LogP contribution in [-0.2, 0) is 13.6 Å². The Hall–Kier alpha value is -3.39. The van der Waals surface area contributed by atoms with Crippen LogP contribution >= 0.6 is 0 Å². The van der Waals surface area contributed by atoms with Gasteiger partial charge >= 0.3 is 0 Å². The summed E-state index contributed by atoms with van der Waals surface area (Å²) in [4.78, 5) is 25.3. The molecule has 1 N–H and O–H groups in total. The van der Waals surface area contributed by atoms with Gasteiger partial charge in [0.2, 0.25) is 0 Å². The summed E-state index contributed by atoms with van der Waals surface area (Å²) < 4.78 is 10.2. The third-order valence-corrected chi connectivity index (χ3v) is 8.39. The number of pyridine rings is 1. The quantitative estimate of drug-likeness (QED) is 0.466. The second kappa shape index (κ2) is 8.34. The highest BCUT2D eigenvalue weighted by Gasteiger charge is 2.35. The Balaban J connectivity index is 1.30. The monoisotopic (exact) mass is 484 g/mol. The van der Waals surface area contributed by atoms with Gasteiger partial charge in [0.1, 0.15) is 16.9 Å². The molecule has 186 valence electrons. The molecule has 36 heavy (non-hydrogen) atoms. The fraction of sp³-hybridized carbons (Fsp3) is 0.464. The fourth-order valence-corrected chi connectivity index (χ4v) is 6.23. The lowest BCUT2D eigenvalue weighted by Gasteiger charge is -2.35.